The number of nitrogens with one attached hydrogen (secondary N) is 1. The maximum Gasteiger partial charge on any atom is 0.274 e. The molecule has 0 bridgehead atoms. The number of hydrogen-bond acceptors (Lipinski definition) is 4. The summed E-state index contributed by atoms with van der Waals surface area (Å²) in [6.45, 7) is 6.79. The van der Waals surface area contributed by atoms with Crippen LogP contribution in [0.25, 0.3) is 0 Å². The largest absolute Gasteiger partial charge is 0.321 e. The molecule has 0 unspecified atom stereocenters. The van der Waals surface area contributed by atoms with Gasteiger partial charge in [0.05, 0.1) is 0 Å². The highest BCUT2D eigenvalue weighted by molar-refractivity contribution is 6.03. The van der Waals surface area contributed by atoms with Gasteiger partial charge in [-0.2, -0.15) is 0 Å². The molecule has 1 heterocycles. The Balaban J connectivity index is 1.84. The molecular formula is C21H22N4O. The van der Waals surface area contributed by atoms with Crippen LogP contribution in [-0.2, 0) is 0 Å². The first-order valence-corrected chi connectivity index (χ1v) is 8.62. The van der Waals surface area contributed by atoms with Gasteiger partial charge in [0, 0.05) is 24.1 Å². The summed E-state index contributed by atoms with van der Waals surface area (Å²) >= 11 is 0. The lowest BCUT2D eigenvalue weighted by Gasteiger charge is -2.21. The van der Waals surface area contributed by atoms with Crippen LogP contribution in [0, 0.1) is 13.8 Å². The van der Waals surface area contributed by atoms with Crippen LogP contribution in [-0.4, -0.2) is 22.4 Å². The van der Waals surface area contributed by atoms with E-state index in [2.05, 4.69) is 15.3 Å². The molecule has 3 aromatic rings. The van der Waals surface area contributed by atoms with Crippen molar-refractivity contribution >= 4 is 23.2 Å². The van der Waals surface area contributed by atoms with Crippen molar-refractivity contribution in [2.24, 2.45) is 0 Å². The van der Waals surface area contributed by atoms with Crippen molar-refractivity contribution in [2.75, 3.05) is 16.8 Å². The number of aryl methyl sites for hydroxylation is 2. The van der Waals surface area contributed by atoms with E-state index in [1.54, 1.807) is 12.3 Å². The molecule has 0 fully saturated rings. The van der Waals surface area contributed by atoms with Gasteiger partial charge in [-0.05, 0) is 62.2 Å². The first kappa shape index (κ1) is 17.6. The highest BCUT2D eigenvalue weighted by atomic mass is 16.1. The number of amides is 1. The van der Waals surface area contributed by atoms with Crippen LogP contribution in [0.4, 0.5) is 17.3 Å². The molecule has 132 valence electrons. The number of benzene rings is 2. The Hall–Kier alpha value is -3.21. The van der Waals surface area contributed by atoms with Gasteiger partial charge in [-0.1, -0.05) is 24.3 Å². The minimum atomic E-state index is -0.249. The van der Waals surface area contributed by atoms with E-state index in [9.17, 15) is 4.79 Å². The zero-order valence-corrected chi connectivity index (χ0v) is 15.2. The van der Waals surface area contributed by atoms with Gasteiger partial charge in [0.15, 0.2) is 0 Å². The second-order valence-electron chi connectivity index (χ2n) is 6.07. The van der Waals surface area contributed by atoms with Gasteiger partial charge >= 0.3 is 0 Å². The van der Waals surface area contributed by atoms with E-state index in [-0.39, 0.29) is 5.91 Å². The van der Waals surface area contributed by atoms with E-state index >= 15 is 0 Å². The number of carbonyl (C=O) groups is 1. The highest BCUT2D eigenvalue weighted by Gasteiger charge is 2.14. The molecule has 0 aliphatic carbocycles. The molecule has 26 heavy (non-hydrogen) atoms. The fourth-order valence-electron chi connectivity index (χ4n) is 2.67. The van der Waals surface area contributed by atoms with Crippen LogP contribution in [0.5, 0.6) is 0 Å². The first-order chi connectivity index (χ1) is 12.6. The Morgan fingerprint density at radius 2 is 1.81 bits per heavy atom. The number of para-hydroxylation sites is 1. The summed E-state index contributed by atoms with van der Waals surface area (Å²) in [7, 11) is 0. The normalized spacial score (nSPS) is 10.4. The summed E-state index contributed by atoms with van der Waals surface area (Å²) in [5, 5.41) is 2.90. The molecule has 3 rings (SSSR count). The summed E-state index contributed by atoms with van der Waals surface area (Å²) in [6, 6.07) is 17.4. The van der Waals surface area contributed by atoms with Crippen LogP contribution in [0.1, 0.15) is 28.5 Å². The fraction of sp³-hybridized carbons (Fsp3) is 0.190. The van der Waals surface area contributed by atoms with Crippen molar-refractivity contribution in [3.05, 3.63) is 77.6 Å². The molecule has 0 saturated heterocycles. The van der Waals surface area contributed by atoms with Gasteiger partial charge in [0.2, 0.25) is 5.95 Å². The number of anilines is 3. The molecule has 5 nitrogen and oxygen atoms in total. The molecule has 0 spiro atoms. The lowest BCUT2D eigenvalue weighted by Crippen LogP contribution is -2.21. The maximum atomic E-state index is 12.6. The van der Waals surface area contributed by atoms with Crippen molar-refractivity contribution in [1.29, 1.82) is 0 Å². The molecule has 0 aliphatic rings. The number of carbonyl (C=O) groups excluding carboxylic acids is 1. The Morgan fingerprint density at radius 3 is 2.50 bits per heavy atom. The zero-order chi connectivity index (χ0) is 18.5. The highest BCUT2D eigenvalue weighted by Crippen LogP contribution is 2.21. The Kier molecular flexibility index (Phi) is 5.27. The molecule has 1 aromatic heterocycles. The molecular weight excluding hydrogens is 324 g/mol. The number of aromatic nitrogens is 2. The smallest absolute Gasteiger partial charge is 0.274 e. The predicted octanol–water partition coefficient (Wildman–Crippen LogP) is 4.50. The van der Waals surface area contributed by atoms with Crippen molar-refractivity contribution in [3.63, 3.8) is 0 Å². The van der Waals surface area contributed by atoms with Crippen LogP contribution in [0.15, 0.2) is 60.8 Å². The third kappa shape index (κ3) is 3.88. The van der Waals surface area contributed by atoms with Crippen molar-refractivity contribution in [2.45, 2.75) is 20.8 Å². The lowest BCUT2D eigenvalue weighted by atomic mass is 10.1. The van der Waals surface area contributed by atoms with Crippen LogP contribution in [0.2, 0.25) is 0 Å². The lowest BCUT2D eigenvalue weighted by molar-refractivity contribution is 0.102. The molecule has 0 saturated carbocycles. The van der Waals surface area contributed by atoms with Crippen molar-refractivity contribution in [3.8, 4) is 0 Å². The molecule has 0 radical (unpaired) electrons. The Morgan fingerprint density at radius 1 is 1.04 bits per heavy atom. The maximum absolute atomic E-state index is 12.6. The average molecular weight is 346 g/mol. The molecule has 1 amide bonds. The van der Waals surface area contributed by atoms with E-state index in [1.807, 2.05) is 74.2 Å². The van der Waals surface area contributed by atoms with Gasteiger partial charge in [0.25, 0.3) is 5.91 Å². The van der Waals surface area contributed by atoms with E-state index in [0.29, 0.717) is 18.2 Å². The van der Waals surface area contributed by atoms with Gasteiger partial charge in [-0.15, -0.1) is 0 Å². The first-order valence-electron chi connectivity index (χ1n) is 8.62. The van der Waals surface area contributed by atoms with E-state index in [4.69, 9.17) is 0 Å². The average Bonchev–Trinajstić information content (AvgIpc) is 2.66. The van der Waals surface area contributed by atoms with Gasteiger partial charge < -0.3 is 10.2 Å². The molecule has 2 aromatic carbocycles. The third-order valence-electron chi connectivity index (χ3n) is 4.27. The second-order valence-corrected chi connectivity index (χ2v) is 6.07. The number of nitrogens with zero attached hydrogens (tertiary/aromatic N) is 3. The van der Waals surface area contributed by atoms with E-state index in [0.717, 1.165) is 16.9 Å². The van der Waals surface area contributed by atoms with Gasteiger partial charge in [-0.3, -0.25) is 4.79 Å². The van der Waals surface area contributed by atoms with Crippen molar-refractivity contribution in [1.82, 2.24) is 9.97 Å². The van der Waals surface area contributed by atoms with Gasteiger partial charge in [-0.25, -0.2) is 9.97 Å². The second kappa shape index (κ2) is 7.78. The topological polar surface area (TPSA) is 58.1 Å². The fourth-order valence-corrected chi connectivity index (χ4v) is 2.67. The number of hydrogen-bond donors (Lipinski definition) is 1. The molecule has 0 aliphatic heterocycles. The quantitative estimate of drug-likeness (QED) is 0.739. The van der Waals surface area contributed by atoms with Crippen LogP contribution in [0.3, 0.4) is 0 Å². The Labute approximate surface area is 153 Å². The molecule has 5 heteroatoms. The standard InChI is InChI=1S/C21H22N4O/c1-4-25(18-8-6-5-7-9-18)21-22-13-12-19(24-21)20(26)23-17-11-10-15(2)16(3)14-17/h5-14H,4H2,1-3H3,(H,23,26). The summed E-state index contributed by atoms with van der Waals surface area (Å²) < 4.78 is 0. The molecule has 0 atom stereocenters. The zero-order valence-electron chi connectivity index (χ0n) is 15.2. The summed E-state index contributed by atoms with van der Waals surface area (Å²) in [5.74, 6) is 0.257. The minimum absolute atomic E-state index is 0.249. The van der Waals surface area contributed by atoms with E-state index in [1.165, 1.54) is 5.56 Å². The van der Waals surface area contributed by atoms with Crippen molar-refractivity contribution < 1.29 is 4.79 Å². The summed E-state index contributed by atoms with van der Waals surface area (Å²) in [5.41, 5.74) is 4.40. The SMILES string of the molecule is CCN(c1ccccc1)c1nccc(C(=O)Nc2ccc(C)c(C)c2)n1. The predicted molar refractivity (Wildman–Crippen MR) is 105 cm³/mol. The Bertz CT molecular complexity index is 909. The van der Waals surface area contributed by atoms with Gasteiger partial charge in [0.1, 0.15) is 5.69 Å². The molecule has 1 N–H and O–H groups in total. The van der Waals surface area contributed by atoms with Crippen LogP contribution < -0.4 is 10.2 Å². The number of rotatable bonds is 5. The summed E-state index contributed by atoms with van der Waals surface area (Å²) in [6.07, 6.45) is 1.61. The third-order valence-corrected chi connectivity index (χ3v) is 4.27. The van der Waals surface area contributed by atoms with E-state index < -0.39 is 0 Å². The van der Waals surface area contributed by atoms with Crippen LogP contribution >= 0.6 is 0 Å². The summed E-state index contributed by atoms with van der Waals surface area (Å²) in [4.78, 5) is 23.4. The minimum Gasteiger partial charge on any atom is -0.321 e. The monoisotopic (exact) mass is 346 g/mol.